The molecule has 1 aliphatic rings. The molecule has 1 N–H and O–H groups in total. The van der Waals surface area contributed by atoms with Crippen molar-refractivity contribution in [2.45, 2.75) is 0 Å². The number of halogens is 3. The largest absolute Gasteiger partial charge is 0.362 e. The molecule has 1 amide bonds. The van der Waals surface area contributed by atoms with Gasteiger partial charge in [-0.3, -0.25) is 19.7 Å². The SMILES string of the molecule is O=C(c1ccc(Cl)c(Cl)c1)N1CCN(c2c([N+](=O)[O-])c(=O)[nH]c3ccc(Cl)cc23)CC1. The van der Waals surface area contributed by atoms with E-state index in [1.54, 1.807) is 40.1 Å². The second-order valence-corrected chi connectivity index (χ2v) is 8.26. The molecule has 1 aromatic heterocycles. The first-order valence-electron chi connectivity index (χ1n) is 9.25. The van der Waals surface area contributed by atoms with E-state index >= 15 is 0 Å². The Morgan fingerprint density at radius 1 is 1.00 bits per heavy atom. The Balaban J connectivity index is 1.65. The van der Waals surface area contributed by atoms with E-state index in [9.17, 15) is 19.7 Å². The number of aromatic nitrogens is 1. The van der Waals surface area contributed by atoms with Crippen LogP contribution in [0.15, 0.2) is 41.2 Å². The number of carbonyl (C=O) groups excluding carboxylic acids is 1. The molecule has 0 unspecified atom stereocenters. The number of anilines is 1. The number of hydrogen-bond acceptors (Lipinski definition) is 5. The van der Waals surface area contributed by atoms with Crippen molar-refractivity contribution < 1.29 is 9.72 Å². The third-order valence-electron chi connectivity index (χ3n) is 5.16. The van der Waals surface area contributed by atoms with Crippen molar-refractivity contribution >= 4 is 63.0 Å². The van der Waals surface area contributed by atoms with Crippen LogP contribution < -0.4 is 10.5 Å². The Bertz CT molecular complexity index is 1270. The average Bonchev–Trinajstić information content (AvgIpc) is 2.74. The molecule has 11 heteroatoms. The molecule has 4 rings (SSSR count). The molecular weight excluding hydrogens is 467 g/mol. The van der Waals surface area contributed by atoms with Crippen LogP contribution in [0, 0.1) is 10.1 Å². The Morgan fingerprint density at radius 3 is 2.35 bits per heavy atom. The lowest BCUT2D eigenvalue weighted by Gasteiger charge is -2.36. The van der Waals surface area contributed by atoms with E-state index in [-0.39, 0.29) is 16.6 Å². The highest BCUT2D eigenvalue weighted by molar-refractivity contribution is 6.42. The molecule has 1 fully saturated rings. The van der Waals surface area contributed by atoms with Crippen LogP contribution in [0.25, 0.3) is 10.9 Å². The fraction of sp³-hybridized carbons (Fsp3) is 0.200. The van der Waals surface area contributed by atoms with Gasteiger partial charge in [0, 0.05) is 42.2 Å². The molecule has 2 heterocycles. The number of aromatic amines is 1. The van der Waals surface area contributed by atoms with Crippen LogP contribution in [0.5, 0.6) is 0 Å². The number of H-pyrrole nitrogens is 1. The number of fused-ring (bicyclic) bond motifs is 1. The fourth-order valence-electron chi connectivity index (χ4n) is 3.67. The zero-order valence-electron chi connectivity index (χ0n) is 15.9. The number of pyridine rings is 1. The van der Waals surface area contributed by atoms with Gasteiger partial charge in [-0.25, -0.2) is 0 Å². The number of nitro groups is 1. The zero-order valence-corrected chi connectivity index (χ0v) is 18.2. The lowest BCUT2D eigenvalue weighted by molar-refractivity contribution is -0.385. The summed E-state index contributed by atoms with van der Waals surface area (Å²) in [6.45, 7) is 1.23. The van der Waals surface area contributed by atoms with Gasteiger partial charge in [-0.05, 0) is 36.4 Å². The van der Waals surface area contributed by atoms with E-state index in [2.05, 4.69) is 4.98 Å². The van der Waals surface area contributed by atoms with E-state index in [0.29, 0.717) is 52.7 Å². The van der Waals surface area contributed by atoms with Gasteiger partial charge in [0.2, 0.25) is 0 Å². The molecule has 0 radical (unpaired) electrons. The van der Waals surface area contributed by atoms with Crippen LogP contribution in [0.2, 0.25) is 15.1 Å². The molecule has 0 spiro atoms. The minimum absolute atomic E-state index is 0.202. The van der Waals surface area contributed by atoms with Gasteiger partial charge in [-0.1, -0.05) is 34.8 Å². The van der Waals surface area contributed by atoms with Gasteiger partial charge in [0.1, 0.15) is 5.69 Å². The van der Waals surface area contributed by atoms with Crippen molar-refractivity contribution in [1.82, 2.24) is 9.88 Å². The molecule has 1 saturated heterocycles. The van der Waals surface area contributed by atoms with Crippen LogP contribution in [0.4, 0.5) is 11.4 Å². The molecule has 8 nitrogen and oxygen atoms in total. The Morgan fingerprint density at radius 2 is 1.71 bits per heavy atom. The molecular formula is C20H15Cl3N4O4. The van der Waals surface area contributed by atoms with Crippen LogP contribution in [0.3, 0.4) is 0 Å². The second-order valence-electron chi connectivity index (χ2n) is 7.01. The molecule has 0 atom stereocenters. The first kappa shape index (κ1) is 21.4. The average molecular weight is 482 g/mol. The molecule has 0 aliphatic carbocycles. The van der Waals surface area contributed by atoms with Gasteiger partial charge < -0.3 is 14.8 Å². The first-order chi connectivity index (χ1) is 14.8. The molecule has 0 bridgehead atoms. The highest BCUT2D eigenvalue weighted by atomic mass is 35.5. The maximum atomic E-state index is 12.8. The molecule has 2 aromatic carbocycles. The highest BCUT2D eigenvalue weighted by Crippen LogP contribution is 2.34. The Labute approximate surface area is 191 Å². The van der Waals surface area contributed by atoms with Crippen molar-refractivity contribution in [3.8, 4) is 0 Å². The predicted octanol–water partition coefficient (Wildman–Crippen LogP) is 4.36. The molecule has 3 aromatic rings. The van der Waals surface area contributed by atoms with Crippen molar-refractivity contribution in [1.29, 1.82) is 0 Å². The molecule has 31 heavy (non-hydrogen) atoms. The minimum Gasteiger partial charge on any atom is -0.362 e. The number of amides is 1. The van der Waals surface area contributed by atoms with Gasteiger partial charge >= 0.3 is 11.2 Å². The van der Waals surface area contributed by atoms with Crippen molar-refractivity contribution in [2.24, 2.45) is 0 Å². The lowest BCUT2D eigenvalue weighted by atomic mass is 10.1. The van der Waals surface area contributed by atoms with Crippen molar-refractivity contribution in [2.75, 3.05) is 31.1 Å². The quantitative estimate of drug-likeness (QED) is 0.443. The Hall–Kier alpha value is -2.81. The van der Waals surface area contributed by atoms with Crippen LogP contribution in [-0.2, 0) is 0 Å². The van der Waals surface area contributed by atoms with Crippen molar-refractivity contribution in [3.63, 3.8) is 0 Å². The van der Waals surface area contributed by atoms with E-state index in [1.807, 2.05) is 0 Å². The fourth-order valence-corrected chi connectivity index (χ4v) is 4.14. The standard InChI is InChI=1S/C20H15Cl3N4O4/c21-12-2-4-16-13(10-12)17(18(27(30)31)19(28)24-16)25-5-7-26(8-6-25)20(29)11-1-3-14(22)15(23)9-11/h1-4,9-10H,5-8H2,(H,24,28). The first-order valence-corrected chi connectivity index (χ1v) is 10.4. The van der Waals surface area contributed by atoms with Gasteiger partial charge in [0.25, 0.3) is 5.91 Å². The van der Waals surface area contributed by atoms with Crippen LogP contribution >= 0.6 is 34.8 Å². The van der Waals surface area contributed by atoms with Crippen LogP contribution in [-0.4, -0.2) is 46.9 Å². The number of rotatable bonds is 3. The minimum atomic E-state index is -0.788. The number of nitrogens with one attached hydrogen (secondary N) is 1. The highest BCUT2D eigenvalue weighted by Gasteiger charge is 2.31. The maximum Gasteiger partial charge on any atom is 0.357 e. The van der Waals surface area contributed by atoms with Gasteiger partial charge in [0.15, 0.2) is 0 Å². The summed E-state index contributed by atoms with van der Waals surface area (Å²) < 4.78 is 0. The topological polar surface area (TPSA) is 99.5 Å². The van der Waals surface area contributed by atoms with Crippen molar-refractivity contribution in [3.05, 3.63) is 77.5 Å². The maximum absolute atomic E-state index is 12.8. The van der Waals surface area contributed by atoms with Gasteiger partial charge in [-0.2, -0.15) is 0 Å². The summed E-state index contributed by atoms with van der Waals surface area (Å²) in [4.78, 5) is 42.1. The summed E-state index contributed by atoms with van der Waals surface area (Å²) in [5.74, 6) is -0.216. The van der Waals surface area contributed by atoms with E-state index in [4.69, 9.17) is 34.8 Å². The smallest absolute Gasteiger partial charge is 0.357 e. The van der Waals surface area contributed by atoms with Gasteiger partial charge in [-0.15, -0.1) is 0 Å². The molecule has 160 valence electrons. The molecule has 0 saturated carbocycles. The normalized spacial score (nSPS) is 14.2. The van der Waals surface area contributed by atoms with E-state index < -0.39 is 16.2 Å². The number of benzene rings is 2. The lowest BCUT2D eigenvalue weighted by Crippen LogP contribution is -2.49. The van der Waals surface area contributed by atoms with E-state index in [1.165, 1.54) is 6.07 Å². The summed E-state index contributed by atoms with van der Waals surface area (Å²) in [7, 11) is 0. The number of piperazine rings is 1. The number of carbonyl (C=O) groups is 1. The Kier molecular flexibility index (Phi) is 5.79. The predicted molar refractivity (Wildman–Crippen MR) is 121 cm³/mol. The summed E-state index contributed by atoms with van der Waals surface area (Å²) in [6, 6.07) is 9.46. The number of nitrogens with zero attached hydrogens (tertiary/aromatic N) is 3. The summed E-state index contributed by atoms with van der Waals surface area (Å²) in [5, 5.41) is 13.2. The molecule has 1 aliphatic heterocycles. The van der Waals surface area contributed by atoms with E-state index in [0.717, 1.165) is 0 Å². The van der Waals surface area contributed by atoms with Crippen LogP contribution in [0.1, 0.15) is 10.4 Å². The second kappa shape index (κ2) is 8.37. The van der Waals surface area contributed by atoms with Gasteiger partial charge in [0.05, 0.1) is 20.5 Å². The number of hydrogen-bond donors (Lipinski definition) is 1. The zero-order chi connectivity index (χ0) is 22.3. The summed E-state index contributed by atoms with van der Waals surface area (Å²) >= 11 is 18.0. The third kappa shape index (κ3) is 4.06. The monoisotopic (exact) mass is 480 g/mol. The third-order valence-corrected chi connectivity index (χ3v) is 6.13. The summed E-state index contributed by atoms with van der Waals surface area (Å²) in [5.41, 5.74) is -0.275. The summed E-state index contributed by atoms with van der Waals surface area (Å²) in [6.07, 6.45) is 0.